The van der Waals surface area contributed by atoms with Crippen molar-refractivity contribution in [3.8, 4) is 11.1 Å². The third-order valence-electron chi connectivity index (χ3n) is 4.87. The first-order valence-electron chi connectivity index (χ1n) is 9.04. The van der Waals surface area contributed by atoms with Crippen LogP contribution in [0.1, 0.15) is 21.7 Å². The molecule has 0 aliphatic heterocycles. The second-order valence-electron chi connectivity index (χ2n) is 6.76. The molecule has 0 radical (unpaired) electrons. The summed E-state index contributed by atoms with van der Waals surface area (Å²) in [5.41, 5.74) is 3.76. The van der Waals surface area contributed by atoms with Crippen molar-refractivity contribution in [2.24, 2.45) is 0 Å². The Kier molecular flexibility index (Phi) is 4.53. The lowest BCUT2D eigenvalue weighted by Crippen LogP contribution is -2.17. The summed E-state index contributed by atoms with van der Waals surface area (Å²) in [4.78, 5) is 25.5. The van der Waals surface area contributed by atoms with Crippen LogP contribution in [-0.4, -0.2) is 5.91 Å². The molecule has 0 bridgehead atoms. The van der Waals surface area contributed by atoms with Crippen LogP contribution in [-0.2, 0) is 0 Å². The van der Waals surface area contributed by atoms with Gasteiger partial charge in [0.05, 0.1) is 5.39 Å². The Labute approximate surface area is 162 Å². The molecule has 0 unspecified atom stereocenters. The summed E-state index contributed by atoms with van der Waals surface area (Å²) < 4.78 is 5.50. The number of hydrogen-bond donors (Lipinski definition) is 1. The van der Waals surface area contributed by atoms with Crippen LogP contribution in [0.4, 0.5) is 5.69 Å². The van der Waals surface area contributed by atoms with Gasteiger partial charge < -0.3 is 9.73 Å². The number of rotatable bonds is 3. The number of benzene rings is 3. The van der Waals surface area contributed by atoms with E-state index >= 15 is 0 Å². The van der Waals surface area contributed by atoms with Gasteiger partial charge in [0.2, 0.25) is 5.76 Å². The molecule has 4 rings (SSSR count). The number of hydrogen-bond acceptors (Lipinski definition) is 3. The first kappa shape index (κ1) is 17.7. The lowest BCUT2D eigenvalue weighted by molar-refractivity contribution is 0.0994. The van der Waals surface area contributed by atoms with Crippen molar-refractivity contribution in [1.29, 1.82) is 0 Å². The molecule has 0 aliphatic rings. The zero-order valence-corrected chi connectivity index (χ0v) is 15.7. The van der Waals surface area contributed by atoms with Gasteiger partial charge >= 0.3 is 5.63 Å². The summed E-state index contributed by atoms with van der Waals surface area (Å²) in [5, 5.41) is 3.99. The van der Waals surface area contributed by atoms with Gasteiger partial charge in [0.1, 0.15) is 0 Å². The van der Waals surface area contributed by atoms with Gasteiger partial charge in [-0.15, -0.1) is 0 Å². The highest BCUT2D eigenvalue weighted by Gasteiger charge is 2.21. The van der Waals surface area contributed by atoms with Gasteiger partial charge in [-0.1, -0.05) is 54.6 Å². The van der Waals surface area contributed by atoms with E-state index in [1.807, 2.05) is 74.5 Å². The molecule has 138 valence electrons. The zero-order valence-electron chi connectivity index (χ0n) is 15.7. The number of aryl methyl sites for hydroxylation is 2. The monoisotopic (exact) mass is 369 g/mol. The molecule has 28 heavy (non-hydrogen) atoms. The van der Waals surface area contributed by atoms with Crippen molar-refractivity contribution in [3.05, 3.63) is 100 Å². The third kappa shape index (κ3) is 3.21. The molecule has 0 spiro atoms. The quantitative estimate of drug-likeness (QED) is 0.531. The largest absolute Gasteiger partial charge is 0.416 e. The van der Waals surface area contributed by atoms with Crippen molar-refractivity contribution in [2.75, 3.05) is 5.32 Å². The molecular weight excluding hydrogens is 350 g/mol. The van der Waals surface area contributed by atoms with E-state index in [1.165, 1.54) is 0 Å². The molecule has 4 nitrogen and oxygen atoms in total. The lowest BCUT2D eigenvalue weighted by atomic mass is 9.98. The Hall–Kier alpha value is -3.66. The van der Waals surface area contributed by atoms with Gasteiger partial charge in [0.25, 0.3) is 5.91 Å². The highest BCUT2D eigenvalue weighted by Crippen LogP contribution is 2.31. The summed E-state index contributed by atoms with van der Waals surface area (Å²) >= 11 is 0. The van der Waals surface area contributed by atoms with E-state index in [2.05, 4.69) is 5.32 Å². The Morgan fingerprint density at radius 2 is 1.50 bits per heavy atom. The number of carbonyl (C=O) groups is 1. The van der Waals surface area contributed by atoms with Crippen molar-refractivity contribution >= 4 is 22.4 Å². The molecule has 0 saturated heterocycles. The van der Waals surface area contributed by atoms with Crippen molar-refractivity contribution < 1.29 is 9.21 Å². The average molecular weight is 369 g/mol. The van der Waals surface area contributed by atoms with Gasteiger partial charge in [0.15, 0.2) is 0 Å². The highest BCUT2D eigenvalue weighted by atomic mass is 16.4. The van der Waals surface area contributed by atoms with Crippen LogP contribution >= 0.6 is 0 Å². The predicted molar refractivity (Wildman–Crippen MR) is 112 cm³/mol. The van der Waals surface area contributed by atoms with Crippen LogP contribution in [0, 0.1) is 13.8 Å². The van der Waals surface area contributed by atoms with Gasteiger partial charge in [-0.05, 0) is 48.7 Å². The fourth-order valence-corrected chi connectivity index (χ4v) is 3.26. The smallest absolute Gasteiger partial charge is 0.344 e. The summed E-state index contributed by atoms with van der Waals surface area (Å²) in [7, 11) is 0. The van der Waals surface area contributed by atoms with Gasteiger partial charge in [-0.25, -0.2) is 4.79 Å². The summed E-state index contributed by atoms with van der Waals surface area (Å²) in [6.45, 7) is 3.99. The summed E-state index contributed by atoms with van der Waals surface area (Å²) in [6, 6.07) is 22.3. The van der Waals surface area contributed by atoms with Crippen LogP contribution in [0.3, 0.4) is 0 Å². The average Bonchev–Trinajstić information content (AvgIpc) is 2.71. The van der Waals surface area contributed by atoms with Crippen molar-refractivity contribution in [3.63, 3.8) is 0 Å². The van der Waals surface area contributed by atoms with E-state index in [1.54, 1.807) is 12.1 Å². The van der Waals surface area contributed by atoms with E-state index in [0.29, 0.717) is 22.0 Å². The zero-order chi connectivity index (χ0) is 19.7. The van der Waals surface area contributed by atoms with Crippen LogP contribution in [0.5, 0.6) is 0 Å². The SMILES string of the molecule is Cc1ccc(NC(=O)c2oc(=O)c3ccccc3c2-c2ccccc2)cc1C. The van der Waals surface area contributed by atoms with Crippen LogP contribution in [0.25, 0.3) is 21.9 Å². The second kappa shape index (κ2) is 7.16. The molecule has 0 fully saturated rings. The lowest BCUT2D eigenvalue weighted by Gasteiger charge is -2.12. The summed E-state index contributed by atoms with van der Waals surface area (Å²) in [5.74, 6) is -0.446. The van der Waals surface area contributed by atoms with Crippen molar-refractivity contribution in [1.82, 2.24) is 0 Å². The second-order valence-corrected chi connectivity index (χ2v) is 6.76. The van der Waals surface area contributed by atoms with Crippen molar-refractivity contribution in [2.45, 2.75) is 13.8 Å². The van der Waals surface area contributed by atoms with Gasteiger partial charge in [-0.2, -0.15) is 0 Å². The molecule has 4 aromatic rings. The molecule has 1 heterocycles. The minimum Gasteiger partial charge on any atom is -0.416 e. The van der Waals surface area contributed by atoms with Gasteiger partial charge in [-0.3, -0.25) is 4.79 Å². The molecule has 0 saturated carbocycles. The molecule has 0 atom stereocenters. The minimum absolute atomic E-state index is 0.00753. The number of amides is 1. The Balaban J connectivity index is 1.89. The number of carbonyl (C=O) groups excluding carboxylic acids is 1. The molecule has 3 aromatic carbocycles. The third-order valence-corrected chi connectivity index (χ3v) is 4.87. The molecule has 4 heteroatoms. The molecule has 1 N–H and O–H groups in total. The standard InChI is InChI=1S/C24H19NO3/c1-15-12-13-18(14-16(15)2)25-23(26)22-21(17-8-4-3-5-9-17)19-10-6-7-11-20(19)24(27)28-22/h3-14H,1-2H3,(H,25,26). The number of anilines is 1. The van der Waals surface area contributed by atoms with E-state index in [4.69, 9.17) is 4.42 Å². The maximum atomic E-state index is 13.1. The highest BCUT2D eigenvalue weighted by molar-refractivity contribution is 6.11. The van der Waals surface area contributed by atoms with Crippen LogP contribution in [0.15, 0.2) is 82.0 Å². The summed E-state index contributed by atoms with van der Waals surface area (Å²) in [6.07, 6.45) is 0. The first-order chi connectivity index (χ1) is 13.5. The van der Waals surface area contributed by atoms with Gasteiger partial charge in [0, 0.05) is 16.6 Å². The van der Waals surface area contributed by atoms with E-state index < -0.39 is 11.5 Å². The molecular formula is C24H19NO3. The molecule has 1 amide bonds. The van der Waals surface area contributed by atoms with Crippen LogP contribution < -0.4 is 10.9 Å². The van der Waals surface area contributed by atoms with E-state index in [9.17, 15) is 9.59 Å². The van der Waals surface area contributed by atoms with E-state index in [0.717, 1.165) is 16.7 Å². The topological polar surface area (TPSA) is 59.3 Å². The maximum Gasteiger partial charge on any atom is 0.344 e. The number of nitrogens with one attached hydrogen (secondary N) is 1. The Morgan fingerprint density at radius 3 is 2.21 bits per heavy atom. The fraction of sp³-hybridized carbons (Fsp3) is 0.0833. The molecule has 0 aliphatic carbocycles. The Morgan fingerprint density at radius 1 is 0.821 bits per heavy atom. The molecule has 1 aromatic heterocycles. The van der Waals surface area contributed by atoms with E-state index in [-0.39, 0.29) is 5.76 Å². The van der Waals surface area contributed by atoms with Crippen LogP contribution in [0.2, 0.25) is 0 Å². The first-order valence-corrected chi connectivity index (χ1v) is 9.04. The maximum absolute atomic E-state index is 13.1. The normalized spacial score (nSPS) is 10.8. The number of fused-ring (bicyclic) bond motifs is 1. The predicted octanol–water partition coefficient (Wildman–Crippen LogP) is 5.33. The minimum atomic E-state index is -0.527. The Bertz CT molecular complexity index is 1240. The fourth-order valence-electron chi connectivity index (χ4n) is 3.26.